The molecule has 3 rings (SSSR count). The number of halogens is 3. The maximum Gasteiger partial charge on any atom is 0.389 e. The second-order valence-corrected chi connectivity index (χ2v) is 5.18. The van der Waals surface area contributed by atoms with Gasteiger partial charge in [0.2, 0.25) is 0 Å². The van der Waals surface area contributed by atoms with Gasteiger partial charge in [-0.15, -0.1) is 0 Å². The lowest BCUT2D eigenvalue weighted by molar-refractivity contribution is -0.136. The third kappa shape index (κ3) is 3.57. The number of hydrazine groups is 1. The molecule has 4 nitrogen and oxygen atoms in total. The van der Waals surface area contributed by atoms with E-state index in [1.54, 1.807) is 0 Å². The van der Waals surface area contributed by atoms with Crippen LogP contribution in [0.1, 0.15) is 19.3 Å². The first-order valence-electron chi connectivity index (χ1n) is 6.49. The van der Waals surface area contributed by atoms with Gasteiger partial charge in [-0.3, -0.25) is 21.1 Å². The lowest BCUT2D eigenvalue weighted by Gasteiger charge is -2.50. The predicted molar refractivity (Wildman–Crippen MR) is 62.8 cm³/mol. The van der Waals surface area contributed by atoms with Gasteiger partial charge in [-0.05, 0) is 12.8 Å². The Bertz CT molecular complexity index is 264. The van der Waals surface area contributed by atoms with E-state index in [0.717, 1.165) is 32.7 Å². The molecular weight excluding hydrogens is 245 g/mol. The SMILES string of the molecule is NNC(CCCC(F)(F)F)C1CN2CCN1CC2. The van der Waals surface area contributed by atoms with Crippen LogP contribution in [0.3, 0.4) is 0 Å². The third-order valence-electron chi connectivity index (χ3n) is 3.98. The zero-order chi connectivity index (χ0) is 13.2. The van der Waals surface area contributed by atoms with Gasteiger partial charge in [0.1, 0.15) is 0 Å². The lowest BCUT2D eigenvalue weighted by Crippen LogP contribution is -2.67. The average molecular weight is 266 g/mol. The summed E-state index contributed by atoms with van der Waals surface area (Å²) in [6.07, 6.45) is -4.16. The van der Waals surface area contributed by atoms with E-state index in [9.17, 15) is 13.2 Å². The molecule has 2 unspecified atom stereocenters. The second-order valence-electron chi connectivity index (χ2n) is 5.18. The van der Waals surface area contributed by atoms with E-state index < -0.39 is 12.6 Å². The van der Waals surface area contributed by atoms with Crippen LogP contribution in [0.15, 0.2) is 0 Å². The highest BCUT2D eigenvalue weighted by Crippen LogP contribution is 2.25. The Labute approximate surface area is 105 Å². The number of nitrogens with one attached hydrogen (secondary N) is 1. The summed E-state index contributed by atoms with van der Waals surface area (Å²) >= 11 is 0. The Morgan fingerprint density at radius 2 is 1.89 bits per heavy atom. The van der Waals surface area contributed by atoms with Crippen molar-refractivity contribution in [2.24, 2.45) is 5.84 Å². The lowest BCUT2D eigenvalue weighted by atomic mass is 9.96. The molecule has 0 aliphatic carbocycles. The summed E-state index contributed by atoms with van der Waals surface area (Å²) in [6, 6.07) is 0.209. The molecule has 0 aromatic heterocycles. The molecule has 2 bridgehead atoms. The van der Waals surface area contributed by atoms with Gasteiger partial charge in [0, 0.05) is 51.2 Å². The van der Waals surface area contributed by atoms with E-state index >= 15 is 0 Å². The minimum absolute atomic E-state index is 0.0459. The summed E-state index contributed by atoms with van der Waals surface area (Å²) in [5.41, 5.74) is 2.71. The normalized spacial score (nSPS) is 33.7. The average Bonchev–Trinajstić information content (AvgIpc) is 2.35. The molecule has 106 valence electrons. The number of hydrogen-bond acceptors (Lipinski definition) is 4. The molecule has 3 N–H and O–H groups in total. The maximum absolute atomic E-state index is 12.1. The third-order valence-corrected chi connectivity index (χ3v) is 3.98. The van der Waals surface area contributed by atoms with Crippen molar-refractivity contribution < 1.29 is 13.2 Å². The molecule has 7 heteroatoms. The number of nitrogens with two attached hydrogens (primary N) is 1. The first kappa shape index (κ1) is 14.0. The van der Waals surface area contributed by atoms with Crippen molar-refractivity contribution in [3.8, 4) is 0 Å². The molecule has 0 amide bonds. The smallest absolute Gasteiger partial charge is 0.299 e. The Balaban J connectivity index is 1.81. The largest absolute Gasteiger partial charge is 0.389 e. The van der Waals surface area contributed by atoms with E-state index in [4.69, 9.17) is 5.84 Å². The fraction of sp³-hybridized carbons (Fsp3) is 1.00. The molecule has 18 heavy (non-hydrogen) atoms. The molecule has 0 spiro atoms. The molecule has 3 heterocycles. The van der Waals surface area contributed by atoms with Crippen molar-refractivity contribution in [2.75, 3.05) is 32.7 Å². The molecule has 0 aromatic rings. The van der Waals surface area contributed by atoms with Crippen molar-refractivity contribution in [2.45, 2.75) is 37.5 Å². The van der Waals surface area contributed by atoms with Gasteiger partial charge in [0.25, 0.3) is 0 Å². The van der Waals surface area contributed by atoms with Crippen molar-refractivity contribution in [1.29, 1.82) is 0 Å². The molecule has 3 aliphatic rings. The van der Waals surface area contributed by atoms with Crippen molar-refractivity contribution >= 4 is 0 Å². The number of piperazine rings is 3. The maximum atomic E-state index is 12.1. The number of nitrogens with zero attached hydrogens (tertiary/aromatic N) is 2. The number of hydrogen-bond donors (Lipinski definition) is 2. The Hall–Kier alpha value is -0.370. The van der Waals surface area contributed by atoms with Crippen LogP contribution in [0, 0.1) is 0 Å². The van der Waals surface area contributed by atoms with Gasteiger partial charge < -0.3 is 0 Å². The monoisotopic (exact) mass is 266 g/mol. The summed E-state index contributed by atoms with van der Waals surface area (Å²) in [6.45, 7) is 5.05. The highest BCUT2D eigenvalue weighted by Gasteiger charge is 2.36. The molecule has 0 radical (unpaired) electrons. The summed E-state index contributed by atoms with van der Waals surface area (Å²) in [5.74, 6) is 5.51. The Morgan fingerprint density at radius 3 is 2.33 bits per heavy atom. The molecule has 3 aliphatic heterocycles. The van der Waals surface area contributed by atoms with Gasteiger partial charge in [-0.2, -0.15) is 13.2 Å². The van der Waals surface area contributed by atoms with Crippen LogP contribution in [-0.4, -0.2) is 60.8 Å². The molecule has 2 atom stereocenters. The number of alkyl halides is 3. The second kappa shape index (κ2) is 5.73. The van der Waals surface area contributed by atoms with E-state index in [2.05, 4.69) is 15.2 Å². The van der Waals surface area contributed by atoms with Crippen molar-refractivity contribution in [3.05, 3.63) is 0 Å². The first-order chi connectivity index (χ1) is 8.49. The summed E-state index contributed by atoms with van der Waals surface area (Å²) in [7, 11) is 0. The van der Waals surface area contributed by atoms with Gasteiger partial charge in [0.05, 0.1) is 0 Å². The fourth-order valence-electron chi connectivity index (χ4n) is 2.95. The minimum Gasteiger partial charge on any atom is -0.299 e. The van der Waals surface area contributed by atoms with Crippen LogP contribution in [0.25, 0.3) is 0 Å². The van der Waals surface area contributed by atoms with E-state index in [-0.39, 0.29) is 18.5 Å². The predicted octanol–water partition coefficient (Wildman–Crippen LogP) is 0.551. The van der Waals surface area contributed by atoms with Crippen LogP contribution in [0.2, 0.25) is 0 Å². The highest BCUT2D eigenvalue weighted by atomic mass is 19.4. The molecule has 0 aromatic carbocycles. The zero-order valence-corrected chi connectivity index (χ0v) is 10.4. The molecule has 3 saturated heterocycles. The molecule has 0 saturated carbocycles. The topological polar surface area (TPSA) is 44.5 Å². The summed E-state index contributed by atoms with van der Waals surface area (Å²) < 4.78 is 36.4. The fourth-order valence-corrected chi connectivity index (χ4v) is 2.95. The van der Waals surface area contributed by atoms with Crippen LogP contribution in [0.4, 0.5) is 13.2 Å². The van der Waals surface area contributed by atoms with E-state index in [1.807, 2.05) is 0 Å². The van der Waals surface area contributed by atoms with Crippen LogP contribution < -0.4 is 11.3 Å². The van der Waals surface area contributed by atoms with Gasteiger partial charge in [-0.1, -0.05) is 0 Å². The van der Waals surface area contributed by atoms with Crippen molar-refractivity contribution in [1.82, 2.24) is 15.2 Å². The summed E-state index contributed by atoms with van der Waals surface area (Å²) in [4.78, 5) is 4.71. The van der Waals surface area contributed by atoms with Gasteiger partial charge in [-0.25, -0.2) is 0 Å². The standard InChI is InChI=1S/C11H21F3N4/c12-11(13,14)3-1-2-9(16-15)10-8-17-4-6-18(10)7-5-17/h9-10,16H,1-8,15H2. The van der Waals surface area contributed by atoms with Gasteiger partial charge in [0.15, 0.2) is 0 Å². The highest BCUT2D eigenvalue weighted by molar-refractivity contribution is 4.94. The van der Waals surface area contributed by atoms with Crippen LogP contribution in [-0.2, 0) is 0 Å². The Kier molecular flexibility index (Phi) is 4.47. The van der Waals surface area contributed by atoms with Crippen molar-refractivity contribution in [3.63, 3.8) is 0 Å². The number of fused-ring (bicyclic) bond motifs is 3. The van der Waals surface area contributed by atoms with E-state index in [0.29, 0.717) is 6.42 Å². The van der Waals surface area contributed by atoms with E-state index in [1.165, 1.54) is 0 Å². The van der Waals surface area contributed by atoms with Crippen LogP contribution in [0.5, 0.6) is 0 Å². The number of rotatable bonds is 5. The van der Waals surface area contributed by atoms with Gasteiger partial charge >= 0.3 is 6.18 Å². The van der Waals surface area contributed by atoms with Crippen LogP contribution >= 0.6 is 0 Å². The molecular formula is C11H21F3N4. The first-order valence-corrected chi connectivity index (χ1v) is 6.49. The summed E-state index contributed by atoms with van der Waals surface area (Å²) in [5, 5.41) is 0. The quantitative estimate of drug-likeness (QED) is 0.563. The molecule has 3 fully saturated rings. The minimum atomic E-state index is -4.06. The zero-order valence-electron chi connectivity index (χ0n) is 10.4. The Morgan fingerprint density at radius 1 is 1.22 bits per heavy atom.